The lowest BCUT2D eigenvalue weighted by Crippen LogP contribution is -2.37. The molecule has 5 heteroatoms. The number of benzene rings is 2. The topological polar surface area (TPSA) is 61.4 Å². The highest BCUT2D eigenvalue weighted by molar-refractivity contribution is 5.78. The number of urea groups is 1. The molecule has 1 atom stereocenters. The quantitative estimate of drug-likeness (QED) is 0.724. The Kier molecular flexibility index (Phi) is 7.06. The average molecular weight is 380 g/mol. The molecule has 1 heterocycles. The maximum atomic E-state index is 12.5. The number of likely N-dealkylation sites (tertiary alicyclic amines) is 1. The average Bonchev–Trinajstić information content (AvgIpc) is 3.12. The fourth-order valence-electron chi connectivity index (χ4n) is 3.64. The Morgan fingerprint density at radius 2 is 1.79 bits per heavy atom. The van der Waals surface area contributed by atoms with E-state index in [1.54, 1.807) is 0 Å². The molecule has 28 heavy (non-hydrogen) atoms. The number of hydrogen-bond donors (Lipinski definition) is 2. The Hall–Kier alpha value is -2.82. The van der Waals surface area contributed by atoms with Gasteiger partial charge in [0.05, 0.1) is 6.04 Å². The molecule has 5 nitrogen and oxygen atoms in total. The molecule has 2 aromatic rings. The molecule has 0 aromatic heterocycles. The molecular weight excluding hydrogens is 350 g/mol. The van der Waals surface area contributed by atoms with E-state index in [9.17, 15) is 9.59 Å². The van der Waals surface area contributed by atoms with Gasteiger partial charge in [0, 0.05) is 26.1 Å². The van der Waals surface area contributed by atoms with Crippen molar-refractivity contribution in [2.24, 2.45) is 0 Å². The number of amides is 3. The number of rotatable bonds is 8. The summed E-state index contributed by atoms with van der Waals surface area (Å²) in [7, 11) is 0. The van der Waals surface area contributed by atoms with Crippen molar-refractivity contribution < 1.29 is 9.59 Å². The van der Waals surface area contributed by atoms with Gasteiger partial charge in [0.1, 0.15) is 0 Å². The van der Waals surface area contributed by atoms with Crippen molar-refractivity contribution in [2.75, 3.05) is 6.54 Å². The third-order valence-electron chi connectivity index (χ3n) is 5.17. The molecule has 2 aromatic carbocycles. The Balaban J connectivity index is 1.59. The van der Waals surface area contributed by atoms with Crippen LogP contribution in [0.4, 0.5) is 4.79 Å². The van der Waals surface area contributed by atoms with Gasteiger partial charge in [-0.2, -0.15) is 0 Å². The van der Waals surface area contributed by atoms with E-state index in [4.69, 9.17) is 0 Å². The standard InChI is InChI=1S/C23H29N3O2/c1-2-9-21(18-10-4-3-5-11-18)25-23(28)24-16-19-12-6-7-13-20(19)17-26-15-8-14-22(26)27/h3-7,10-13,21H,2,8-9,14-17H2,1H3,(H2,24,25,28). The van der Waals surface area contributed by atoms with Crippen molar-refractivity contribution in [3.63, 3.8) is 0 Å². The summed E-state index contributed by atoms with van der Waals surface area (Å²) < 4.78 is 0. The maximum absolute atomic E-state index is 12.5. The van der Waals surface area contributed by atoms with Gasteiger partial charge in [-0.05, 0) is 29.5 Å². The highest BCUT2D eigenvalue weighted by atomic mass is 16.2. The third kappa shape index (κ3) is 5.35. The minimum Gasteiger partial charge on any atom is -0.338 e. The lowest BCUT2D eigenvalue weighted by molar-refractivity contribution is -0.128. The summed E-state index contributed by atoms with van der Waals surface area (Å²) in [6, 6.07) is 17.9. The number of carbonyl (C=O) groups is 2. The molecule has 0 radical (unpaired) electrons. The second-order valence-corrected chi connectivity index (χ2v) is 7.27. The first-order valence-electron chi connectivity index (χ1n) is 10.1. The van der Waals surface area contributed by atoms with E-state index in [0.717, 1.165) is 42.5 Å². The van der Waals surface area contributed by atoms with Gasteiger partial charge in [0.2, 0.25) is 5.91 Å². The molecule has 148 valence electrons. The van der Waals surface area contributed by atoms with E-state index in [0.29, 0.717) is 19.5 Å². The monoisotopic (exact) mass is 379 g/mol. The van der Waals surface area contributed by atoms with Crippen molar-refractivity contribution in [2.45, 2.75) is 51.7 Å². The first kappa shape index (κ1) is 19.9. The van der Waals surface area contributed by atoms with Gasteiger partial charge in [0.25, 0.3) is 0 Å². The van der Waals surface area contributed by atoms with Gasteiger partial charge >= 0.3 is 6.03 Å². The van der Waals surface area contributed by atoms with Gasteiger partial charge in [-0.3, -0.25) is 4.79 Å². The van der Waals surface area contributed by atoms with Crippen LogP contribution in [0.5, 0.6) is 0 Å². The summed E-state index contributed by atoms with van der Waals surface area (Å²) in [5.41, 5.74) is 3.25. The van der Waals surface area contributed by atoms with Crippen LogP contribution >= 0.6 is 0 Å². The Labute approximate surface area is 167 Å². The van der Waals surface area contributed by atoms with E-state index in [1.165, 1.54) is 0 Å². The summed E-state index contributed by atoms with van der Waals surface area (Å²) >= 11 is 0. The van der Waals surface area contributed by atoms with Crippen LogP contribution in [0.25, 0.3) is 0 Å². The molecule has 1 aliphatic heterocycles. The van der Waals surface area contributed by atoms with Crippen molar-refractivity contribution in [1.82, 2.24) is 15.5 Å². The Morgan fingerprint density at radius 3 is 2.46 bits per heavy atom. The fourth-order valence-corrected chi connectivity index (χ4v) is 3.64. The van der Waals surface area contributed by atoms with Crippen molar-refractivity contribution >= 4 is 11.9 Å². The maximum Gasteiger partial charge on any atom is 0.315 e. The fraction of sp³-hybridized carbons (Fsp3) is 0.391. The SMILES string of the molecule is CCCC(NC(=O)NCc1ccccc1CN1CCCC1=O)c1ccccc1. The van der Waals surface area contributed by atoms with Gasteiger partial charge in [0.15, 0.2) is 0 Å². The minimum absolute atomic E-state index is 0.00339. The zero-order chi connectivity index (χ0) is 19.8. The predicted octanol–water partition coefficient (Wildman–Crippen LogP) is 4.15. The van der Waals surface area contributed by atoms with Crippen LogP contribution in [0.3, 0.4) is 0 Å². The molecule has 0 spiro atoms. The number of nitrogens with one attached hydrogen (secondary N) is 2. The molecule has 1 aliphatic rings. The molecule has 2 N–H and O–H groups in total. The lowest BCUT2D eigenvalue weighted by atomic mass is 10.0. The molecule has 1 unspecified atom stereocenters. The predicted molar refractivity (Wildman–Crippen MR) is 111 cm³/mol. The van der Waals surface area contributed by atoms with Crippen LogP contribution in [-0.2, 0) is 17.9 Å². The van der Waals surface area contributed by atoms with E-state index in [-0.39, 0.29) is 18.0 Å². The Bertz CT molecular complexity index is 791. The number of nitrogens with zero attached hydrogens (tertiary/aromatic N) is 1. The van der Waals surface area contributed by atoms with E-state index < -0.39 is 0 Å². The van der Waals surface area contributed by atoms with Crippen molar-refractivity contribution in [3.05, 3.63) is 71.3 Å². The van der Waals surface area contributed by atoms with Crippen molar-refractivity contribution in [3.8, 4) is 0 Å². The van der Waals surface area contributed by atoms with Crippen LogP contribution in [0.1, 0.15) is 55.3 Å². The number of carbonyl (C=O) groups excluding carboxylic acids is 2. The lowest BCUT2D eigenvalue weighted by Gasteiger charge is -2.20. The van der Waals surface area contributed by atoms with E-state index in [2.05, 4.69) is 17.6 Å². The van der Waals surface area contributed by atoms with Gasteiger partial charge in [-0.15, -0.1) is 0 Å². The van der Waals surface area contributed by atoms with Crippen LogP contribution in [0.2, 0.25) is 0 Å². The summed E-state index contributed by atoms with van der Waals surface area (Å²) in [5, 5.41) is 6.07. The summed E-state index contributed by atoms with van der Waals surface area (Å²) in [6.45, 7) is 3.99. The highest BCUT2D eigenvalue weighted by Crippen LogP contribution is 2.19. The van der Waals surface area contributed by atoms with Crippen LogP contribution in [-0.4, -0.2) is 23.4 Å². The van der Waals surface area contributed by atoms with E-state index in [1.807, 2.05) is 59.5 Å². The van der Waals surface area contributed by atoms with Crippen LogP contribution < -0.4 is 10.6 Å². The highest BCUT2D eigenvalue weighted by Gasteiger charge is 2.21. The van der Waals surface area contributed by atoms with Crippen LogP contribution in [0, 0.1) is 0 Å². The van der Waals surface area contributed by atoms with Crippen LogP contribution in [0.15, 0.2) is 54.6 Å². The molecule has 3 amide bonds. The second kappa shape index (κ2) is 9.93. The Morgan fingerprint density at radius 1 is 1.07 bits per heavy atom. The summed E-state index contributed by atoms with van der Waals surface area (Å²) in [5.74, 6) is 0.214. The third-order valence-corrected chi connectivity index (χ3v) is 5.17. The zero-order valence-corrected chi connectivity index (χ0v) is 16.5. The first-order chi connectivity index (χ1) is 13.7. The van der Waals surface area contributed by atoms with Gasteiger partial charge in [-0.1, -0.05) is 67.9 Å². The minimum atomic E-state index is -0.172. The molecule has 0 saturated carbocycles. The smallest absolute Gasteiger partial charge is 0.315 e. The molecule has 1 saturated heterocycles. The molecule has 0 bridgehead atoms. The number of hydrogen-bond acceptors (Lipinski definition) is 2. The van der Waals surface area contributed by atoms with Gasteiger partial charge < -0.3 is 15.5 Å². The normalized spacial score (nSPS) is 14.8. The second-order valence-electron chi connectivity index (χ2n) is 7.27. The largest absolute Gasteiger partial charge is 0.338 e. The molecule has 3 rings (SSSR count). The van der Waals surface area contributed by atoms with E-state index >= 15 is 0 Å². The zero-order valence-electron chi connectivity index (χ0n) is 16.5. The summed E-state index contributed by atoms with van der Waals surface area (Å²) in [4.78, 5) is 26.3. The molecule has 1 fully saturated rings. The molecular formula is C23H29N3O2. The van der Waals surface area contributed by atoms with Crippen molar-refractivity contribution in [1.29, 1.82) is 0 Å². The van der Waals surface area contributed by atoms with Gasteiger partial charge in [-0.25, -0.2) is 4.79 Å². The summed E-state index contributed by atoms with van der Waals surface area (Å²) in [6.07, 6.45) is 3.46. The molecule has 0 aliphatic carbocycles. The first-order valence-corrected chi connectivity index (χ1v) is 10.1.